The molecule has 1 unspecified atom stereocenters. The number of nitrogens with zero attached hydrogens (tertiary/aromatic N) is 2. The summed E-state index contributed by atoms with van der Waals surface area (Å²) in [6.45, 7) is 2.02. The predicted octanol–water partition coefficient (Wildman–Crippen LogP) is 6.32. The van der Waals surface area contributed by atoms with Gasteiger partial charge in [0, 0.05) is 17.1 Å². The highest BCUT2D eigenvalue weighted by atomic mass is 35.5. The number of fused-ring (bicyclic) bond motifs is 1. The first-order chi connectivity index (χ1) is 18.6. The molecular weight excluding hydrogens is 533 g/mol. The summed E-state index contributed by atoms with van der Waals surface area (Å²) in [5.74, 6) is -4.11. The molecule has 1 saturated heterocycles. The van der Waals surface area contributed by atoms with E-state index in [-0.39, 0.29) is 6.42 Å². The summed E-state index contributed by atoms with van der Waals surface area (Å²) in [5, 5.41) is 21.9. The van der Waals surface area contributed by atoms with Crippen molar-refractivity contribution in [3.63, 3.8) is 0 Å². The molecule has 210 valence electrons. The van der Waals surface area contributed by atoms with E-state index < -0.39 is 34.9 Å². The minimum Gasteiger partial charge on any atom is -0.497 e. The third-order valence-electron chi connectivity index (χ3n) is 7.78. The van der Waals surface area contributed by atoms with Crippen molar-refractivity contribution in [1.82, 2.24) is 9.88 Å². The Labute approximate surface area is 230 Å². The van der Waals surface area contributed by atoms with Crippen molar-refractivity contribution >= 4 is 28.5 Å². The third kappa shape index (κ3) is 7.01. The number of halogens is 4. The number of aliphatic carboxylic acids is 1. The highest BCUT2D eigenvalue weighted by Crippen LogP contribution is 2.43. The molecule has 2 aromatic carbocycles. The van der Waals surface area contributed by atoms with Gasteiger partial charge in [0.15, 0.2) is 17.5 Å². The number of hydrogen-bond acceptors (Lipinski definition) is 5. The molecule has 2 N–H and O–H groups in total. The fraction of sp³-hybridized carbons (Fsp3) is 0.448. The van der Waals surface area contributed by atoms with Gasteiger partial charge in [0.05, 0.1) is 30.2 Å². The molecule has 1 atom stereocenters. The molecule has 0 aliphatic carbocycles. The molecule has 0 saturated carbocycles. The zero-order chi connectivity index (χ0) is 28.2. The van der Waals surface area contributed by atoms with Gasteiger partial charge in [0.1, 0.15) is 5.75 Å². The molecule has 1 aliphatic rings. The first kappa shape index (κ1) is 29.1. The van der Waals surface area contributed by atoms with Crippen LogP contribution < -0.4 is 4.74 Å². The highest BCUT2D eigenvalue weighted by molar-refractivity contribution is 6.32. The van der Waals surface area contributed by atoms with Gasteiger partial charge < -0.3 is 19.8 Å². The van der Waals surface area contributed by atoms with Crippen LogP contribution in [0.2, 0.25) is 5.02 Å². The topological polar surface area (TPSA) is 82.9 Å². The Morgan fingerprint density at radius 2 is 1.87 bits per heavy atom. The van der Waals surface area contributed by atoms with Crippen molar-refractivity contribution in [2.24, 2.45) is 5.41 Å². The molecule has 4 rings (SSSR count). The average molecular weight is 565 g/mol. The number of carbonyl (C=O) groups is 1. The number of pyridine rings is 1. The number of aliphatic hydroxyl groups excluding tert-OH is 1. The number of methoxy groups -OCH3 is 1. The Bertz CT molecular complexity index is 1310. The lowest BCUT2D eigenvalue weighted by molar-refractivity contribution is -0.141. The Kier molecular flexibility index (Phi) is 9.35. The molecule has 0 spiro atoms. The number of aromatic nitrogens is 1. The molecule has 0 radical (unpaired) electrons. The monoisotopic (exact) mass is 564 g/mol. The zero-order valence-electron chi connectivity index (χ0n) is 21.7. The largest absolute Gasteiger partial charge is 0.497 e. The van der Waals surface area contributed by atoms with Crippen LogP contribution in [0.1, 0.15) is 55.8 Å². The number of aryl methyl sites for hydroxylation is 1. The summed E-state index contributed by atoms with van der Waals surface area (Å²) in [5.41, 5.74) is 1.16. The summed E-state index contributed by atoms with van der Waals surface area (Å²) >= 11 is 6.45. The molecule has 0 bridgehead atoms. The molecule has 1 aliphatic heterocycles. The average Bonchev–Trinajstić information content (AvgIpc) is 2.90. The lowest BCUT2D eigenvalue weighted by Gasteiger charge is -2.41. The standard InChI is InChI=1S/C29H32ClF3N2O4/c1-39-19-4-5-24-20(15-19)27(21(30)17-34-24)25(36)6-7-29(16-26(37)38)8-11-35(12-9-29)10-2-3-18-13-22(31)28(33)23(32)14-18/h4-5,13-15,17,25,36H,2-3,6-12,16H2,1H3,(H,37,38). The number of rotatable bonds is 11. The van der Waals surface area contributed by atoms with Crippen molar-refractivity contribution in [3.05, 3.63) is 70.1 Å². The Balaban J connectivity index is 1.38. The van der Waals surface area contributed by atoms with E-state index in [1.807, 2.05) is 0 Å². The first-order valence-electron chi connectivity index (χ1n) is 13.0. The quantitative estimate of drug-likeness (QED) is 0.265. The van der Waals surface area contributed by atoms with Crippen LogP contribution in [-0.2, 0) is 11.2 Å². The number of carboxylic acids is 1. The van der Waals surface area contributed by atoms with Gasteiger partial charge in [-0.05, 0) is 99.5 Å². The number of ether oxygens (including phenoxy) is 1. The van der Waals surface area contributed by atoms with Crippen LogP contribution >= 0.6 is 11.6 Å². The third-order valence-corrected chi connectivity index (χ3v) is 8.08. The smallest absolute Gasteiger partial charge is 0.303 e. The molecule has 10 heteroatoms. The minimum absolute atomic E-state index is 0.000338. The fourth-order valence-electron chi connectivity index (χ4n) is 5.57. The molecule has 3 aromatic rings. The van der Waals surface area contributed by atoms with Crippen LogP contribution in [0.3, 0.4) is 0 Å². The van der Waals surface area contributed by atoms with Gasteiger partial charge in [0.2, 0.25) is 0 Å². The molecule has 39 heavy (non-hydrogen) atoms. The lowest BCUT2D eigenvalue weighted by atomic mass is 9.71. The number of aliphatic hydroxyl groups is 1. The predicted molar refractivity (Wildman–Crippen MR) is 142 cm³/mol. The van der Waals surface area contributed by atoms with Crippen molar-refractivity contribution in [2.45, 2.75) is 51.0 Å². The minimum atomic E-state index is -1.46. The van der Waals surface area contributed by atoms with Crippen molar-refractivity contribution in [1.29, 1.82) is 0 Å². The van der Waals surface area contributed by atoms with E-state index >= 15 is 0 Å². The van der Waals surface area contributed by atoms with Gasteiger partial charge in [0.25, 0.3) is 0 Å². The van der Waals surface area contributed by atoms with E-state index in [9.17, 15) is 28.2 Å². The van der Waals surface area contributed by atoms with Gasteiger partial charge in [-0.1, -0.05) is 11.6 Å². The van der Waals surface area contributed by atoms with Gasteiger partial charge in [-0.3, -0.25) is 9.78 Å². The lowest BCUT2D eigenvalue weighted by Crippen LogP contribution is -2.41. The van der Waals surface area contributed by atoms with E-state index in [0.717, 1.165) is 12.1 Å². The van der Waals surface area contributed by atoms with Crippen LogP contribution in [-0.4, -0.2) is 52.8 Å². The van der Waals surface area contributed by atoms with Crippen molar-refractivity contribution in [3.8, 4) is 5.75 Å². The Morgan fingerprint density at radius 1 is 1.18 bits per heavy atom. The number of carboxylic acid groups (broad SMARTS) is 1. The number of benzene rings is 2. The molecule has 0 amide bonds. The molecular formula is C29H32ClF3N2O4. The summed E-state index contributed by atoms with van der Waals surface area (Å²) in [7, 11) is 1.56. The Hall–Kier alpha value is -2.88. The van der Waals surface area contributed by atoms with Gasteiger partial charge in [-0.15, -0.1) is 0 Å². The van der Waals surface area contributed by atoms with Gasteiger partial charge >= 0.3 is 5.97 Å². The molecule has 1 aromatic heterocycles. The highest BCUT2D eigenvalue weighted by Gasteiger charge is 2.37. The summed E-state index contributed by atoms with van der Waals surface area (Å²) in [6, 6.07) is 7.40. The van der Waals surface area contributed by atoms with E-state index in [1.165, 1.54) is 6.20 Å². The number of hydrogen-bond donors (Lipinski definition) is 2. The SMILES string of the molecule is COc1ccc2ncc(Cl)c(C(O)CCC3(CC(=O)O)CCN(CCCc4cc(F)c(F)c(F)c4)CC3)c2c1. The van der Waals surface area contributed by atoms with Gasteiger partial charge in [-0.2, -0.15) is 0 Å². The van der Waals surface area contributed by atoms with Crippen LogP contribution in [0.5, 0.6) is 5.75 Å². The molecule has 2 heterocycles. The fourth-order valence-corrected chi connectivity index (χ4v) is 5.84. The van der Waals surface area contributed by atoms with Crippen LogP contribution in [0.15, 0.2) is 36.5 Å². The summed E-state index contributed by atoms with van der Waals surface area (Å²) in [4.78, 5) is 18.3. The second-order valence-electron chi connectivity index (χ2n) is 10.3. The number of likely N-dealkylation sites (tertiary alicyclic amines) is 1. The summed E-state index contributed by atoms with van der Waals surface area (Å²) < 4.78 is 45.5. The summed E-state index contributed by atoms with van der Waals surface area (Å²) in [6.07, 6.45) is 3.77. The number of piperidine rings is 1. The maximum absolute atomic E-state index is 13.5. The first-order valence-corrected chi connectivity index (χ1v) is 13.4. The van der Waals surface area contributed by atoms with Gasteiger partial charge in [-0.25, -0.2) is 13.2 Å². The maximum atomic E-state index is 13.5. The Morgan fingerprint density at radius 3 is 2.51 bits per heavy atom. The zero-order valence-corrected chi connectivity index (χ0v) is 22.5. The van der Waals surface area contributed by atoms with Crippen LogP contribution in [0.4, 0.5) is 13.2 Å². The molecule has 1 fully saturated rings. The normalized spacial score (nSPS) is 16.4. The second kappa shape index (κ2) is 12.5. The van der Waals surface area contributed by atoms with E-state index in [1.54, 1.807) is 25.3 Å². The van der Waals surface area contributed by atoms with E-state index in [4.69, 9.17) is 16.3 Å². The second-order valence-corrected chi connectivity index (χ2v) is 10.8. The van der Waals surface area contributed by atoms with Crippen LogP contribution in [0, 0.1) is 22.9 Å². The molecule has 6 nitrogen and oxygen atoms in total. The van der Waals surface area contributed by atoms with Crippen LogP contribution in [0.25, 0.3) is 10.9 Å². The van der Waals surface area contributed by atoms with Crippen molar-refractivity contribution in [2.75, 3.05) is 26.7 Å². The van der Waals surface area contributed by atoms with E-state index in [2.05, 4.69) is 9.88 Å². The van der Waals surface area contributed by atoms with E-state index in [0.29, 0.717) is 91.0 Å². The van der Waals surface area contributed by atoms with Crippen molar-refractivity contribution < 1.29 is 32.9 Å². The maximum Gasteiger partial charge on any atom is 0.303 e.